The fourth-order valence-corrected chi connectivity index (χ4v) is 5.69. The van der Waals surface area contributed by atoms with Crippen LogP contribution in [0.4, 0.5) is 13.2 Å². The maximum absolute atomic E-state index is 12.4. The van der Waals surface area contributed by atoms with Crippen molar-refractivity contribution in [1.82, 2.24) is 0 Å². The predicted molar refractivity (Wildman–Crippen MR) is 128 cm³/mol. The van der Waals surface area contributed by atoms with Crippen molar-refractivity contribution in [3.63, 3.8) is 0 Å². The Bertz CT molecular complexity index is 890. The Balaban J connectivity index is 1.88. The lowest BCUT2D eigenvalue weighted by Gasteiger charge is -2.47. The Morgan fingerprint density at radius 2 is 1.88 bits per heavy atom. The second-order valence-electron chi connectivity index (χ2n) is 10.5. The fraction of sp³-hybridized carbons (Fsp3) is 0.654. The van der Waals surface area contributed by atoms with Crippen LogP contribution in [0.2, 0.25) is 0 Å². The Labute approximate surface area is 197 Å². The number of hydrogen-bond acceptors (Lipinski definition) is 3. The minimum atomic E-state index is -4.08. The minimum absolute atomic E-state index is 0.153. The highest BCUT2D eigenvalue weighted by molar-refractivity contribution is 7.31. The summed E-state index contributed by atoms with van der Waals surface area (Å²) in [6, 6.07) is 4.18. The molecule has 0 radical (unpaired) electrons. The van der Waals surface area contributed by atoms with E-state index >= 15 is 0 Å². The molecule has 3 atom stereocenters. The third-order valence-corrected chi connectivity index (χ3v) is 7.65. The summed E-state index contributed by atoms with van der Waals surface area (Å²) in [6.07, 6.45) is 1.90. The second-order valence-corrected chi connectivity index (χ2v) is 11.1. The Morgan fingerprint density at radius 3 is 2.52 bits per heavy atom. The molecule has 0 aromatic heterocycles. The number of unbranched alkanes of at least 4 members (excludes halogenated alkanes) is 2. The molecule has 0 spiro atoms. The van der Waals surface area contributed by atoms with E-state index in [4.69, 9.17) is 9.26 Å². The number of halogens is 3. The molecule has 0 bridgehead atoms. The second kappa shape index (κ2) is 9.98. The van der Waals surface area contributed by atoms with E-state index in [1.807, 2.05) is 12.7 Å². The molecule has 0 amide bonds. The third-order valence-electron chi connectivity index (χ3n) is 7.22. The molecule has 2 aliphatic rings. The van der Waals surface area contributed by atoms with Gasteiger partial charge in [-0.15, -0.1) is 0 Å². The molecule has 1 aliphatic carbocycles. The van der Waals surface area contributed by atoms with Crippen molar-refractivity contribution in [1.29, 1.82) is 0 Å². The Hall–Kier alpha value is -1.55. The van der Waals surface area contributed by atoms with E-state index in [1.54, 1.807) is 0 Å². The van der Waals surface area contributed by atoms with Crippen LogP contribution in [0.3, 0.4) is 0 Å². The van der Waals surface area contributed by atoms with Gasteiger partial charge in [-0.3, -0.25) is 4.79 Å². The predicted octanol–water partition coefficient (Wildman–Crippen LogP) is 7.87. The zero-order valence-corrected chi connectivity index (χ0v) is 21.3. The van der Waals surface area contributed by atoms with Gasteiger partial charge in [0.25, 0.3) is 0 Å². The SMILES string of the molecule is CPOc1cc(C(C)(C)CCCCCC(F)(F)F)cc2c1C1CC(C=O)=CCC1C(C)(C)O2. The van der Waals surface area contributed by atoms with Crippen LogP contribution in [0.1, 0.15) is 89.7 Å². The molecule has 7 heteroatoms. The summed E-state index contributed by atoms with van der Waals surface area (Å²) < 4.78 is 50.0. The van der Waals surface area contributed by atoms with Crippen molar-refractivity contribution in [3.05, 3.63) is 34.9 Å². The average molecular weight is 485 g/mol. The highest BCUT2D eigenvalue weighted by Gasteiger charge is 2.46. The summed E-state index contributed by atoms with van der Waals surface area (Å²) >= 11 is 0. The van der Waals surface area contributed by atoms with E-state index in [0.29, 0.717) is 12.8 Å². The maximum atomic E-state index is 12.4. The van der Waals surface area contributed by atoms with Crippen LogP contribution >= 0.6 is 8.81 Å². The molecule has 0 fully saturated rings. The number of rotatable bonds is 9. The molecule has 0 N–H and O–H groups in total. The summed E-state index contributed by atoms with van der Waals surface area (Å²) in [7, 11) is 0.267. The number of allylic oxidation sites excluding steroid dienone is 2. The zero-order chi connectivity index (χ0) is 24.4. The standard InChI is InChI=1S/C26H36F3O3P/c1-24(2,11-7-6-8-12-26(27,28)29)18-14-21-23(22(15-18)32-33-5)19-13-17(16-30)9-10-20(19)25(3,4)31-21/h9,14-16,19-20,33H,6-8,10-13H2,1-5H3. The molecular formula is C26H36F3O3P. The van der Waals surface area contributed by atoms with E-state index in [0.717, 1.165) is 53.7 Å². The van der Waals surface area contributed by atoms with Crippen molar-refractivity contribution in [2.75, 3.05) is 6.66 Å². The van der Waals surface area contributed by atoms with Crippen LogP contribution in [-0.4, -0.2) is 24.7 Å². The number of aldehydes is 1. The highest BCUT2D eigenvalue weighted by atomic mass is 31.1. The molecule has 3 unspecified atom stereocenters. The van der Waals surface area contributed by atoms with Crippen LogP contribution in [0.25, 0.3) is 0 Å². The molecule has 184 valence electrons. The quantitative estimate of drug-likeness (QED) is 0.203. The van der Waals surface area contributed by atoms with Crippen LogP contribution in [0.5, 0.6) is 11.5 Å². The largest absolute Gasteiger partial charge is 0.487 e. The molecule has 33 heavy (non-hydrogen) atoms. The molecule has 1 aliphatic heterocycles. The number of carbonyl (C=O) groups is 1. The van der Waals surface area contributed by atoms with Crippen LogP contribution in [-0.2, 0) is 10.2 Å². The zero-order valence-electron chi connectivity index (χ0n) is 20.3. The Kier molecular flexibility index (Phi) is 7.88. The molecule has 1 aromatic rings. The summed E-state index contributed by atoms with van der Waals surface area (Å²) in [5.74, 6) is 2.03. The van der Waals surface area contributed by atoms with Gasteiger partial charge in [-0.2, -0.15) is 13.2 Å². The van der Waals surface area contributed by atoms with Gasteiger partial charge in [0.2, 0.25) is 0 Å². The smallest absolute Gasteiger partial charge is 0.389 e. The van der Waals surface area contributed by atoms with Gasteiger partial charge in [0.15, 0.2) is 0 Å². The lowest BCUT2D eigenvalue weighted by atomic mass is 9.66. The number of carbonyl (C=O) groups excluding carboxylic acids is 1. The van der Waals surface area contributed by atoms with Gasteiger partial charge in [0.1, 0.15) is 23.4 Å². The van der Waals surface area contributed by atoms with E-state index in [9.17, 15) is 18.0 Å². The van der Waals surface area contributed by atoms with Crippen LogP contribution < -0.4 is 9.26 Å². The number of ether oxygens (including phenoxy) is 1. The van der Waals surface area contributed by atoms with Crippen molar-refractivity contribution < 1.29 is 27.2 Å². The summed E-state index contributed by atoms with van der Waals surface area (Å²) in [5, 5.41) is 0. The first-order chi connectivity index (χ1) is 15.4. The highest BCUT2D eigenvalue weighted by Crippen LogP contribution is 2.55. The number of benzene rings is 1. The van der Waals surface area contributed by atoms with Gasteiger partial charge >= 0.3 is 6.18 Å². The van der Waals surface area contributed by atoms with Gasteiger partial charge in [-0.1, -0.05) is 32.8 Å². The average Bonchev–Trinajstić information content (AvgIpc) is 2.71. The van der Waals surface area contributed by atoms with Gasteiger partial charge in [0, 0.05) is 23.8 Å². The molecule has 3 nitrogen and oxygen atoms in total. The third kappa shape index (κ3) is 6.12. The lowest BCUT2D eigenvalue weighted by molar-refractivity contribution is -0.135. The van der Waals surface area contributed by atoms with Gasteiger partial charge < -0.3 is 9.26 Å². The van der Waals surface area contributed by atoms with Gasteiger partial charge in [-0.05, 0) is 74.9 Å². The van der Waals surface area contributed by atoms with E-state index in [1.165, 1.54) is 0 Å². The van der Waals surface area contributed by atoms with Crippen LogP contribution in [0, 0.1) is 5.92 Å². The van der Waals surface area contributed by atoms with Crippen molar-refractivity contribution in [3.8, 4) is 11.5 Å². The Morgan fingerprint density at radius 1 is 1.18 bits per heavy atom. The van der Waals surface area contributed by atoms with Gasteiger partial charge in [-0.25, -0.2) is 0 Å². The molecular weight excluding hydrogens is 448 g/mol. The molecule has 1 heterocycles. The van der Waals surface area contributed by atoms with E-state index in [2.05, 4.69) is 39.8 Å². The summed E-state index contributed by atoms with van der Waals surface area (Å²) in [4.78, 5) is 11.5. The number of alkyl halides is 3. The summed E-state index contributed by atoms with van der Waals surface area (Å²) in [5.41, 5.74) is 2.34. The van der Waals surface area contributed by atoms with Crippen molar-refractivity contribution in [2.45, 2.75) is 95.8 Å². The number of hydrogen-bond donors (Lipinski definition) is 0. The lowest BCUT2D eigenvalue weighted by Crippen LogP contribution is -2.45. The maximum Gasteiger partial charge on any atom is 0.389 e. The normalized spacial score (nSPS) is 22.4. The van der Waals surface area contributed by atoms with Crippen LogP contribution in [0.15, 0.2) is 23.8 Å². The molecule has 1 aromatic carbocycles. The van der Waals surface area contributed by atoms with Crippen molar-refractivity contribution in [2.24, 2.45) is 5.92 Å². The topological polar surface area (TPSA) is 35.5 Å². The number of fused-ring (bicyclic) bond motifs is 3. The van der Waals surface area contributed by atoms with Gasteiger partial charge in [0.05, 0.1) is 8.81 Å². The first-order valence-electron chi connectivity index (χ1n) is 11.8. The minimum Gasteiger partial charge on any atom is -0.487 e. The first-order valence-corrected chi connectivity index (χ1v) is 13.2. The molecule has 3 rings (SSSR count). The summed E-state index contributed by atoms with van der Waals surface area (Å²) in [6.45, 7) is 10.4. The first kappa shape index (κ1) is 26.1. The molecule has 0 saturated heterocycles. The van der Waals surface area contributed by atoms with E-state index in [-0.39, 0.29) is 38.1 Å². The molecule has 0 saturated carbocycles. The fourth-order valence-electron chi connectivity index (χ4n) is 5.30. The monoisotopic (exact) mass is 484 g/mol. The van der Waals surface area contributed by atoms with Crippen molar-refractivity contribution >= 4 is 15.1 Å². The van der Waals surface area contributed by atoms with E-state index < -0.39 is 12.6 Å².